The van der Waals surface area contributed by atoms with Crippen molar-refractivity contribution in [2.45, 2.75) is 13.5 Å². The number of nitrogens with zero attached hydrogens (tertiary/aromatic N) is 2. The van der Waals surface area contributed by atoms with Gasteiger partial charge in [0.1, 0.15) is 5.82 Å². The first-order valence-corrected chi connectivity index (χ1v) is 5.25. The fraction of sp³-hybridized carbons (Fsp3) is 0.182. The van der Waals surface area contributed by atoms with Gasteiger partial charge in [-0.25, -0.2) is 19.6 Å². The number of hydrogen-bond donors (Lipinski definition) is 3. The van der Waals surface area contributed by atoms with Crippen molar-refractivity contribution in [1.82, 2.24) is 20.6 Å². The third kappa shape index (κ3) is 5.91. The largest absolute Gasteiger partial charge is 0.478 e. The van der Waals surface area contributed by atoms with Crippen LogP contribution in [0, 0.1) is 6.92 Å². The van der Waals surface area contributed by atoms with Crippen LogP contribution in [0.1, 0.15) is 11.5 Å². The number of nitrogens with one attached hydrogen (secondary N) is 2. The van der Waals surface area contributed by atoms with E-state index in [2.05, 4.69) is 15.3 Å². The lowest BCUT2D eigenvalue weighted by Gasteiger charge is -2.04. The van der Waals surface area contributed by atoms with E-state index >= 15 is 0 Å². The molecule has 8 nitrogen and oxygen atoms in total. The lowest BCUT2D eigenvalue weighted by Crippen LogP contribution is -2.38. The first kappa shape index (κ1) is 14.3. The predicted octanol–water partition coefficient (Wildman–Crippen LogP) is -0.248. The summed E-state index contributed by atoms with van der Waals surface area (Å²) in [7, 11) is 0. The molecule has 0 aromatic carbocycles. The maximum Gasteiger partial charge on any atom is 0.328 e. The summed E-state index contributed by atoms with van der Waals surface area (Å²) in [5.41, 5.74) is 0.594. The fourth-order valence-corrected chi connectivity index (χ4v) is 1.12. The monoisotopic (exact) mass is 264 g/mol. The van der Waals surface area contributed by atoms with Crippen molar-refractivity contribution >= 4 is 17.9 Å². The molecular weight excluding hydrogens is 252 g/mol. The molecule has 1 aromatic rings. The molecule has 100 valence electrons. The van der Waals surface area contributed by atoms with Gasteiger partial charge in [0, 0.05) is 18.3 Å². The molecule has 0 saturated carbocycles. The van der Waals surface area contributed by atoms with Gasteiger partial charge in [0.25, 0.3) is 5.91 Å². The summed E-state index contributed by atoms with van der Waals surface area (Å²) >= 11 is 0. The lowest BCUT2D eigenvalue weighted by atomic mass is 10.4. The highest BCUT2D eigenvalue weighted by Gasteiger charge is 2.05. The van der Waals surface area contributed by atoms with Crippen LogP contribution in [-0.4, -0.2) is 33.0 Å². The number of imide groups is 1. The van der Waals surface area contributed by atoms with E-state index in [1.54, 1.807) is 19.2 Å². The van der Waals surface area contributed by atoms with E-state index in [0.717, 1.165) is 6.08 Å². The van der Waals surface area contributed by atoms with Crippen LogP contribution >= 0.6 is 0 Å². The van der Waals surface area contributed by atoms with E-state index in [-0.39, 0.29) is 6.54 Å². The SMILES string of the molecule is Cc1nccc(CNC(=O)NC(=O)C=CC(=O)O)n1. The Labute approximate surface area is 108 Å². The van der Waals surface area contributed by atoms with Gasteiger partial charge in [0.2, 0.25) is 0 Å². The van der Waals surface area contributed by atoms with Gasteiger partial charge in [-0.05, 0) is 13.0 Å². The van der Waals surface area contributed by atoms with Crippen molar-refractivity contribution < 1.29 is 19.5 Å². The number of hydrogen-bond acceptors (Lipinski definition) is 5. The Bertz CT molecular complexity index is 527. The van der Waals surface area contributed by atoms with Crippen LogP contribution in [0.4, 0.5) is 4.79 Å². The molecule has 0 fully saturated rings. The van der Waals surface area contributed by atoms with Crippen LogP contribution in [0.25, 0.3) is 0 Å². The van der Waals surface area contributed by atoms with Crippen LogP contribution in [0.3, 0.4) is 0 Å². The summed E-state index contributed by atoms with van der Waals surface area (Å²) in [6.07, 6.45) is 2.94. The van der Waals surface area contributed by atoms with E-state index < -0.39 is 17.9 Å². The number of carbonyl (C=O) groups excluding carboxylic acids is 2. The van der Waals surface area contributed by atoms with Crippen molar-refractivity contribution in [3.05, 3.63) is 35.9 Å². The Morgan fingerprint density at radius 2 is 2.11 bits per heavy atom. The smallest absolute Gasteiger partial charge is 0.328 e. The minimum Gasteiger partial charge on any atom is -0.478 e. The maximum absolute atomic E-state index is 11.3. The van der Waals surface area contributed by atoms with Gasteiger partial charge in [-0.3, -0.25) is 10.1 Å². The summed E-state index contributed by atoms with van der Waals surface area (Å²) in [6, 6.07) is 0.885. The lowest BCUT2D eigenvalue weighted by molar-refractivity contribution is -0.131. The number of aromatic nitrogens is 2. The van der Waals surface area contributed by atoms with E-state index in [9.17, 15) is 14.4 Å². The quantitative estimate of drug-likeness (QED) is 0.645. The minimum atomic E-state index is -1.27. The molecule has 0 spiro atoms. The number of carboxylic acids is 1. The van der Waals surface area contributed by atoms with Crippen molar-refractivity contribution in [2.24, 2.45) is 0 Å². The van der Waals surface area contributed by atoms with Gasteiger partial charge >= 0.3 is 12.0 Å². The van der Waals surface area contributed by atoms with Crippen LogP contribution in [0.2, 0.25) is 0 Å². The topological polar surface area (TPSA) is 121 Å². The average molecular weight is 264 g/mol. The second-order valence-electron chi connectivity index (χ2n) is 3.44. The highest BCUT2D eigenvalue weighted by Crippen LogP contribution is 1.93. The van der Waals surface area contributed by atoms with Crippen molar-refractivity contribution in [2.75, 3.05) is 0 Å². The number of carboxylic acid groups (broad SMARTS) is 1. The Morgan fingerprint density at radius 3 is 2.74 bits per heavy atom. The van der Waals surface area contributed by atoms with E-state index in [4.69, 9.17) is 5.11 Å². The van der Waals surface area contributed by atoms with Crippen LogP contribution < -0.4 is 10.6 Å². The third-order valence-corrected chi connectivity index (χ3v) is 1.88. The first-order valence-electron chi connectivity index (χ1n) is 5.25. The van der Waals surface area contributed by atoms with Gasteiger partial charge in [-0.1, -0.05) is 0 Å². The standard InChI is InChI=1S/C11H12N4O4/c1-7-12-5-4-8(14-7)6-13-11(19)15-9(16)2-3-10(17)18/h2-5H,6H2,1H3,(H,17,18)(H2,13,15,16,19). The molecule has 0 unspecified atom stereocenters. The maximum atomic E-state index is 11.3. The van der Waals surface area contributed by atoms with Gasteiger partial charge < -0.3 is 10.4 Å². The molecular formula is C11H12N4O4. The van der Waals surface area contributed by atoms with E-state index in [1.807, 2.05) is 5.32 Å². The van der Waals surface area contributed by atoms with Crippen LogP contribution in [-0.2, 0) is 16.1 Å². The molecule has 3 N–H and O–H groups in total. The van der Waals surface area contributed by atoms with E-state index in [1.165, 1.54) is 0 Å². The fourth-order valence-electron chi connectivity index (χ4n) is 1.12. The molecule has 0 aliphatic rings. The zero-order valence-electron chi connectivity index (χ0n) is 10.1. The average Bonchev–Trinajstić information content (AvgIpc) is 2.34. The van der Waals surface area contributed by atoms with Gasteiger partial charge in [-0.15, -0.1) is 0 Å². The molecule has 1 heterocycles. The molecule has 1 aromatic heterocycles. The summed E-state index contributed by atoms with van der Waals surface area (Å²) in [4.78, 5) is 40.5. The molecule has 3 amide bonds. The normalized spacial score (nSPS) is 10.2. The summed E-state index contributed by atoms with van der Waals surface area (Å²) in [5, 5.41) is 12.6. The predicted molar refractivity (Wildman–Crippen MR) is 63.9 cm³/mol. The van der Waals surface area contributed by atoms with E-state index in [0.29, 0.717) is 17.6 Å². The molecule has 0 saturated heterocycles. The highest BCUT2D eigenvalue weighted by atomic mass is 16.4. The van der Waals surface area contributed by atoms with Crippen molar-refractivity contribution in [3.63, 3.8) is 0 Å². The molecule has 0 aliphatic carbocycles. The number of urea groups is 1. The number of carbonyl (C=O) groups is 3. The first-order chi connectivity index (χ1) is 8.97. The molecule has 0 bridgehead atoms. The second-order valence-corrected chi connectivity index (χ2v) is 3.44. The minimum absolute atomic E-state index is 0.130. The number of aliphatic carboxylic acids is 1. The molecule has 0 aliphatic heterocycles. The van der Waals surface area contributed by atoms with Crippen molar-refractivity contribution in [1.29, 1.82) is 0 Å². The van der Waals surface area contributed by atoms with Gasteiger partial charge in [0.15, 0.2) is 0 Å². The Kier molecular flexibility index (Phi) is 5.15. The zero-order chi connectivity index (χ0) is 14.3. The number of aryl methyl sites for hydroxylation is 1. The Balaban J connectivity index is 2.40. The highest BCUT2D eigenvalue weighted by molar-refractivity contribution is 6.02. The molecule has 0 atom stereocenters. The summed E-state index contributed by atoms with van der Waals surface area (Å²) in [6.45, 7) is 1.84. The van der Waals surface area contributed by atoms with Gasteiger partial charge in [0.05, 0.1) is 12.2 Å². The zero-order valence-corrected chi connectivity index (χ0v) is 10.1. The van der Waals surface area contributed by atoms with Crippen molar-refractivity contribution in [3.8, 4) is 0 Å². The Hall–Kier alpha value is -2.77. The number of rotatable bonds is 4. The van der Waals surface area contributed by atoms with Crippen LogP contribution in [0.15, 0.2) is 24.4 Å². The Morgan fingerprint density at radius 1 is 1.37 bits per heavy atom. The number of amides is 3. The molecule has 1 rings (SSSR count). The third-order valence-electron chi connectivity index (χ3n) is 1.88. The summed E-state index contributed by atoms with van der Waals surface area (Å²) in [5.74, 6) is -1.52. The molecule has 19 heavy (non-hydrogen) atoms. The molecule has 0 radical (unpaired) electrons. The van der Waals surface area contributed by atoms with Gasteiger partial charge in [-0.2, -0.15) is 0 Å². The summed E-state index contributed by atoms with van der Waals surface area (Å²) < 4.78 is 0. The van der Waals surface area contributed by atoms with Crippen LogP contribution in [0.5, 0.6) is 0 Å². The molecule has 8 heteroatoms. The second kappa shape index (κ2) is 6.84.